The molecule has 1 aromatic heterocycles. The topological polar surface area (TPSA) is 52.1 Å². The highest BCUT2D eigenvalue weighted by molar-refractivity contribution is 5.88. The summed E-state index contributed by atoms with van der Waals surface area (Å²) >= 11 is 0. The first-order valence-corrected chi connectivity index (χ1v) is 5.42. The maximum absolute atomic E-state index is 14.0. The Morgan fingerprint density at radius 2 is 1.83 bits per heavy atom. The van der Waals surface area contributed by atoms with Gasteiger partial charge in [-0.25, -0.2) is 4.79 Å². The fraction of sp³-hybridized carbons (Fsp3) is 0.583. The summed E-state index contributed by atoms with van der Waals surface area (Å²) in [5.41, 5.74) is -1.46. The van der Waals surface area contributed by atoms with Crippen molar-refractivity contribution in [2.45, 2.75) is 33.6 Å². The first-order valence-electron chi connectivity index (χ1n) is 5.42. The molecule has 1 aromatic rings. The van der Waals surface area contributed by atoms with Gasteiger partial charge in [0, 0.05) is 5.41 Å². The van der Waals surface area contributed by atoms with Gasteiger partial charge in [0.1, 0.15) is 5.69 Å². The number of esters is 1. The van der Waals surface area contributed by atoms with Crippen molar-refractivity contribution in [1.29, 1.82) is 0 Å². The van der Waals surface area contributed by atoms with Crippen molar-refractivity contribution in [3.05, 3.63) is 23.0 Å². The Balaban J connectivity index is 3.24. The normalized spacial score (nSPS) is 12.4. The van der Waals surface area contributed by atoms with Crippen LogP contribution in [-0.2, 0) is 10.7 Å². The zero-order valence-corrected chi connectivity index (χ0v) is 11.0. The molecular weight excluding hydrogens is 242 g/mol. The number of methoxy groups -OCH3 is 1. The number of carbonyl (C=O) groups is 1. The van der Waals surface area contributed by atoms with Gasteiger partial charge in [0.05, 0.1) is 7.11 Å². The summed E-state index contributed by atoms with van der Waals surface area (Å²) in [6.07, 6.45) is 0. The molecule has 4 nitrogen and oxygen atoms in total. The highest BCUT2D eigenvalue weighted by Crippen LogP contribution is 2.43. The standard InChI is InChI=1S/C12H16F2N2O2/c1-7-6-8(12(13,14)11(2,3)4)15-16-9(7)10(17)18-5/h6H,1-5H3. The molecule has 0 saturated heterocycles. The summed E-state index contributed by atoms with van der Waals surface area (Å²) in [5, 5.41) is 6.97. The molecular formula is C12H16F2N2O2. The Kier molecular flexibility index (Phi) is 3.69. The van der Waals surface area contributed by atoms with Crippen LogP contribution in [0.15, 0.2) is 6.07 Å². The van der Waals surface area contributed by atoms with Gasteiger partial charge in [-0.1, -0.05) is 20.8 Å². The van der Waals surface area contributed by atoms with Crippen molar-refractivity contribution in [2.75, 3.05) is 7.11 Å². The molecule has 0 spiro atoms. The fourth-order valence-electron chi connectivity index (χ4n) is 1.32. The fourth-order valence-corrected chi connectivity index (χ4v) is 1.32. The average molecular weight is 258 g/mol. The van der Waals surface area contributed by atoms with Gasteiger partial charge >= 0.3 is 5.97 Å². The van der Waals surface area contributed by atoms with E-state index in [1.165, 1.54) is 40.9 Å². The van der Waals surface area contributed by atoms with Crippen molar-refractivity contribution >= 4 is 5.97 Å². The molecule has 0 atom stereocenters. The Bertz CT molecular complexity index is 468. The van der Waals surface area contributed by atoms with E-state index in [1.54, 1.807) is 0 Å². The minimum atomic E-state index is -3.13. The molecule has 0 aliphatic carbocycles. The number of aryl methyl sites for hydroxylation is 1. The molecule has 1 rings (SSSR count). The monoisotopic (exact) mass is 258 g/mol. The summed E-state index contributed by atoms with van der Waals surface area (Å²) < 4.78 is 32.6. The smallest absolute Gasteiger partial charge is 0.358 e. The van der Waals surface area contributed by atoms with Crippen LogP contribution < -0.4 is 0 Å². The molecule has 6 heteroatoms. The number of aromatic nitrogens is 2. The molecule has 0 N–H and O–H groups in total. The van der Waals surface area contributed by atoms with Crippen LogP contribution in [-0.4, -0.2) is 23.3 Å². The van der Waals surface area contributed by atoms with Crippen LogP contribution >= 0.6 is 0 Å². The predicted molar refractivity (Wildman–Crippen MR) is 61.5 cm³/mol. The molecule has 0 unspecified atom stereocenters. The maximum atomic E-state index is 14.0. The second-order valence-corrected chi connectivity index (χ2v) is 5.08. The molecule has 0 aliphatic rings. The highest BCUT2D eigenvalue weighted by atomic mass is 19.3. The number of ether oxygens (including phenoxy) is 1. The van der Waals surface area contributed by atoms with Gasteiger partial charge in [0.2, 0.25) is 0 Å². The molecule has 100 valence electrons. The van der Waals surface area contributed by atoms with E-state index < -0.39 is 23.0 Å². The molecule has 0 bridgehead atoms. The van der Waals surface area contributed by atoms with Crippen LogP contribution in [0.3, 0.4) is 0 Å². The zero-order valence-electron chi connectivity index (χ0n) is 11.0. The Hall–Kier alpha value is -1.59. The SMILES string of the molecule is COC(=O)c1nnc(C(F)(F)C(C)(C)C)cc1C. The first kappa shape index (κ1) is 14.5. The van der Waals surface area contributed by atoms with E-state index >= 15 is 0 Å². The minimum Gasteiger partial charge on any atom is -0.464 e. The van der Waals surface area contributed by atoms with Crippen molar-refractivity contribution in [3.63, 3.8) is 0 Å². The van der Waals surface area contributed by atoms with Gasteiger partial charge in [-0.15, -0.1) is 10.2 Å². The molecule has 0 aliphatic heterocycles. The van der Waals surface area contributed by atoms with Crippen molar-refractivity contribution < 1.29 is 18.3 Å². The van der Waals surface area contributed by atoms with Crippen LogP contribution in [0.25, 0.3) is 0 Å². The molecule has 1 heterocycles. The van der Waals surface area contributed by atoms with Crippen LogP contribution in [0.5, 0.6) is 0 Å². The summed E-state index contributed by atoms with van der Waals surface area (Å²) in [6.45, 7) is 5.76. The van der Waals surface area contributed by atoms with Crippen LogP contribution in [0.2, 0.25) is 0 Å². The lowest BCUT2D eigenvalue weighted by Crippen LogP contribution is -2.32. The molecule has 0 radical (unpaired) electrons. The molecule has 0 aromatic carbocycles. The maximum Gasteiger partial charge on any atom is 0.358 e. The Morgan fingerprint density at radius 3 is 2.22 bits per heavy atom. The van der Waals surface area contributed by atoms with E-state index in [-0.39, 0.29) is 5.69 Å². The number of hydrogen-bond acceptors (Lipinski definition) is 4. The van der Waals surface area contributed by atoms with Gasteiger partial charge in [-0.05, 0) is 18.6 Å². The molecule has 18 heavy (non-hydrogen) atoms. The number of alkyl halides is 2. The largest absolute Gasteiger partial charge is 0.464 e. The summed E-state index contributed by atoms with van der Waals surface area (Å²) in [6, 6.07) is 1.17. The molecule has 0 fully saturated rings. The van der Waals surface area contributed by atoms with Crippen molar-refractivity contribution in [3.8, 4) is 0 Å². The molecule has 0 amide bonds. The highest BCUT2D eigenvalue weighted by Gasteiger charge is 2.46. The first-order chi connectivity index (χ1) is 8.11. The summed E-state index contributed by atoms with van der Waals surface area (Å²) in [5.74, 6) is -3.81. The van der Waals surface area contributed by atoms with Crippen molar-refractivity contribution in [1.82, 2.24) is 10.2 Å². The minimum absolute atomic E-state index is 0.0500. The average Bonchev–Trinajstić information content (AvgIpc) is 2.26. The number of carbonyl (C=O) groups excluding carboxylic acids is 1. The van der Waals surface area contributed by atoms with E-state index in [0.29, 0.717) is 5.56 Å². The Morgan fingerprint density at radius 1 is 1.28 bits per heavy atom. The van der Waals surface area contributed by atoms with Gasteiger partial charge in [0.25, 0.3) is 5.92 Å². The van der Waals surface area contributed by atoms with Crippen LogP contribution in [0.4, 0.5) is 8.78 Å². The third-order valence-corrected chi connectivity index (χ3v) is 2.63. The lowest BCUT2D eigenvalue weighted by molar-refractivity contribution is -0.108. The van der Waals surface area contributed by atoms with E-state index in [0.717, 1.165) is 0 Å². The van der Waals surface area contributed by atoms with Gasteiger partial charge in [-0.2, -0.15) is 8.78 Å². The number of rotatable bonds is 2. The third-order valence-electron chi connectivity index (χ3n) is 2.63. The number of nitrogens with zero attached hydrogens (tertiary/aromatic N) is 2. The van der Waals surface area contributed by atoms with Crippen LogP contribution in [0, 0.1) is 12.3 Å². The zero-order chi connectivity index (χ0) is 14.1. The van der Waals surface area contributed by atoms with Gasteiger partial charge in [-0.3, -0.25) is 0 Å². The number of hydrogen-bond donors (Lipinski definition) is 0. The lowest BCUT2D eigenvalue weighted by atomic mass is 9.85. The van der Waals surface area contributed by atoms with Crippen LogP contribution in [0.1, 0.15) is 42.5 Å². The second kappa shape index (κ2) is 4.59. The van der Waals surface area contributed by atoms with Gasteiger partial charge < -0.3 is 4.74 Å². The predicted octanol–water partition coefficient (Wildman–Crippen LogP) is 2.71. The second-order valence-electron chi connectivity index (χ2n) is 5.08. The van der Waals surface area contributed by atoms with Crippen molar-refractivity contribution in [2.24, 2.45) is 5.41 Å². The lowest BCUT2D eigenvalue weighted by Gasteiger charge is -2.29. The summed E-state index contributed by atoms with van der Waals surface area (Å²) in [4.78, 5) is 11.3. The van der Waals surface area contributed by atoms with Gasteiger partial charge in [0.15, 0.2) is 5.69 Å². The van der Waals surface area contributed by atoms with E-state index in [9.17, 15) is 13.6 Å². The quantitative estimate of drug-likeness (QED) is 0.765. The number of halogens is 2. The third kappa shape index (κ3) is 2.47. The van der Waals surface area contributed by atoms with E-state index in [4.69, 9.17) is 0 Å². The molecule has 0 saturated carbocycles. The summed E-state index contributed by atoms with van der Waals surface area (Å²) in [7, 11) is 1.20. The van der Waals surface area contributed by atoms with E-state index in [1.807, 2.05) is 0 Å². The Labute approximate surface area is 104 Å². The van der Waals surface area contributed by atoms with E-state index in [2.05, 4.69) is 14.9 Å².